The maximum absolute atomic E-state index is 11.6. The summed E-state index contributed by atoms with van der Waals surface area (Å²) in [7, 11) is 0. The summed E-state index contributed by atoms with van der Waals surface area (Å²) in [5.41, 5.74) is 0.341. The van der Waals surface area contributed by atoms with Crippen LogP contribution in [-0.2, 0) is 9.53 Å². The van der Waals surface area contributed by atoms with Crippen molar-refractivity contribution in [3.05, 3.63) is 39.9 Å². The van der Waals surface area contributed by atoms with Crippen LogP contribution in [0.1, 0.15) is 38.0 Å². The molecule has 0 aliphatic carbocycles. The number of aryl methyl sites for hydroxylation is 1. The summed E-state index contributed by atoms with van der Waals surface area (Å²) in [4.78, 5) is 11.6. The standard InChI is InChI=1S/C17H19BrO4/c1-9-7-10-8-11(18)5-6-12(10)14(19)13(9)15(16(20)21)22-17(2,3)4/h5-8,15,19H,1-4H3,(H,20,21). The molecule has 118 valence electrons. The van der Waals surface area contributed by atoms with Crippen molar-refractivity contribution in [3.63, 3.8) is 0 Å². The van der Waals surface area contributed by atoms with Crippen LogP contribution in [0.3, 0.4) is 0 Å². The smallest absolute Gasteiger partial charge is 0.337 e. The number of benzene rings is 2. The molecule has 0 aliphatic rings. The number of rotatable bonds is 3. The van der Waals surface area contributed by atoms with E-state index in [1.165, 1.54) is 0 Å². The molecule has 0 fully saturated rings. The van der Waals surface area contributed by atoms with Gasteiger partial charge in [0.05, 0.1) is 5.60 Å². The molecular weight excluding hydrogens is 348 g/mol. The summed E-state index contributed by atoms with van der Waals surface area (Å²) in [5.74, 6) is -1.16. The van der Waals surface area contributed by atoms with E-state index in [-0.39, 0.29) is 5.75 Å². The van der Waals surface area contributed by atoms with Crippen molar-refractivity contribution in [2.45, 2.75) is 39.4 Å². The predicted octanol–water partition coefficient (Wildman–Crippen LogP) is 4.56. The first-order chi connectivity index (χ1) is 10.1. The third-order valence-corrected chi connectivity index (χ3v) is 3.77. The molecule has 0 radical (unpaired) electrons. The van der Waals surface area contributed by atoms with Crippen LogP contribution in [0.2, 0.25) is 0 Å². The summed E-state index contributed by atoms with van der Waals surface area (Å²) < 4.78 is 6.55. The maximum Gasteiger partial charge on any atom is 0.337 e. The van der Waals surface area contributed by atoms with Gasteiger partial charge in [0, 0.05) is 15.4 Å². The van der Waals surface area contributed by atoms with Crippen LogP contribution in [0.4, 0.5) is 0 Å². The molecule has 0 bridgehead atoms. The molecule has 0 saturated heterocycles. The Bertz CT molecular complexity index is 731. The number of carboxylic acids is 1. The molecule has 2 aromatic rings. The van der Waals surface area contributed by atoms with Crippen molar-refractivity contribution in [2.75, 3.05) is 0 Å². The second-order valence-corrected chi connectivity index (χ2v) is 7.19. The lowest BCUT2D eigenvalue weighted by Gasteiger charge is -2.27. The van der Waals surface area contributed by atoms with Gasteiger partial charge in [-0.3, -0.25) is 0 Å². The van der Waals surface area contributed by atoms with Gasteiger partial charge in [0.15, 0.2) is 6.10 Å². The molecule has 0 heterocycles. The normalized spacial score (nSPS) is 13.3. The Morgan fingerprint density at radius 2 is 1.91 bits per heavy atom. The lowest BCUT2D eigenvalue weighted by molar-refractivity contribution is -0.160. The number of ether oxygens (including phenoxy) is 1. The van der Waals surface area contributed by atoms with E-state index in [9.17, 15) is 15.0 Å². The molecule has 1 unspecified atom stereocenters. The van der Waals surface area contributed by atoms with E-state index in [1.807, 2.05) is 18.2 Å². The molecule has 0 amide bonds. The average Bonchev–Trinajstić information content (AvgIpc) is 2.35. The number of phenolic OH excluding ortho intramolecular Hbond substituents is 1. The minimum Gasteiger partial charge on any atom is -0.507 e. The minimum absolute atomic E-state index is 0.0425. The van der Waals surface area contributed by atoms with Crippen LogP contribution in [0, 0.1) is 6.92 Å². The fourth-order valence-electron chi connectivity index (χ4n) is 2.43. The molecule has 0 saturated carbocycles. The van der Waals surface area contributed by atoms with E-state index in [0.29, 0.717) is 16.5 Å². The van der Waals surface area contributed by atoms with E-state index in [0.717, 1.165) is 9.86 Å². The number of carbonyl (C=O) groups is 1. The number of aromatic hydroxyl groups is 1. The van der Waals surface area contributed by atoms with Crippen LogP contribution in [0.5, 0.6) is 5.75 Å². The Morgan fingerprint density at radius 1 is 1.27 bits per heavy atom. The Balaban J connectivity index is 2.67. The molecule has 0 aromatic heterocycles. The van der Waals surface area contributed by atoms with Crippen molar-refractivity contribution >= 4 is 32.7 Å². The second-order valence-electron chi connectivity index (χ2n) is 6.27. The number of hydrogen-bond donors (Lipinski definition) is 2. The first-order valence-electron chi connectivity index (χ1n) is 6.92. The lowest BCUT2D eigenvalue weighted by Crippen LogP contribution is -2.27. The predicted molar refractivity (Wildman–Crippen MR) is 89.3 cm³/mol. The number of carboxylic acid groups (broad SMARTS) is 1. The van der Waals surface area contributed by atoms with Gasteiger partial charge in [0.2, 0.25) is 0 Å². The molecule has 0 aliphatic heterocycles. The first-order valence-corrected chi connectivity index (χ1v) is 7.72. The highest BCUT2D eigenvalue weighted by molar-refractivity contribution is 9.10. The van der Waals surface area contributed by atoms with Crippen LogP contribution in [-0.4, -0.2) is 21.8 Å². The quantitative estimate of drug-likeness (QED) is 0.835. The summed E-state index contributed by atoms with van der Waals surface area (Å²) in [6.45, 7) is 7.13. The van der Waals surface area contributed by atoms with E-state index < -0.39 is 17.7 Å². The van der Waals surface area contributed by atoms with Crippen LogP contribution in [0.15, 0.2) is 28.7 Å². The number of hydrogen-bond acceptors (Lipinski definition) is 3. The van der Waals surface area contributed by atoms with E-state index in [1.54, 1.807) is 33.8 Å². The summed E-state index contributed by atoms with van der Waals surface area (Å²) >= 11 is 3.39. The Kier molecular flexibility index (Phi) is 4.49. The van der Waals surface area contributed by atoms with Gasteiger partial charge in [-0.1, -0.05) is 22.0 Å². The van der Waals surface area contributed by atoms with E-state index in [2.05, 4.69) is 15.9 Å². The summed E-state index contributed by atoms with van der Waals surface area (Å²) in [6, 6.07) is 7.30. The molecule has 2 rings (SSSR count). The van der Waals surface area contributed by atoms with Gasteiger partial charge in [0.1, 0.15) is 5.75 Å². The minimum atomic E-state index is -1.21. The maximum atomic E-state index is 11.6. The fourth-order valence-corrected chi connectivity index (χ4v) is 2.81. The molecule has 1 atom stereocenters. The zero-order chi connectivity index (χ0) is 16.7. The van der Waals surface area contributed by atoms with E-state index >= 15 is 0 Å². The number of phenols is 1. The third-order valence-electron chi connectivity index (χ3n) is 3.28. The van der Waals surface area contributed by atoms with Gasteiger partial charge in [-0.05, 0) is 56.8 Å². The molecule has 0 spiro atoms. The van der Waals surface area contributed by atoms with Gasteiger partial charge < -0.3 is 14.9 Å². The largest absolute Gasteiger partial charge is 0.507 e. The molecule has 22 heavy (non-hydrogen) atoms. The Labute approximate surface area is 137 Å². The van der Waals surface area contributed by atoms with Crippen LogP contribution in [0.25, 0.3) is 10.8 Å². The molecule has 2 N–H and O–H groups in total. The number of aliphatic carboxylic acids is 1. The van der Waals surface area contributed by atoms with Gasteiger partial charge in [0.25, 0.3) is 0 Å². The highest BCUT2D eigenvalue weighted by Gasteiger charge is 2.31. The Morgan fingerprint density at radius 3 is 2.45 bits per heavy atom. The van der Waals surface area contributed by atoms with Crippen molar-refractivity contribution in [1.82, 2.24) is 0 Å². The van der Waals surface area contributed by atoms with Crippen molar-refractivity contribution in [3.8, 4) is 5.75 Å². The fraction of sp³-hybridized carbons (Fsp3) is 0.353. The van der Waals surface area contributed by atoms with Crippen molar-refractivity contribution in [2.24, 2.45) is 0 Å². The van der Waals surface area contributed by atoms with Crippen LogP contribution < -0.4 is 0 Å². The van der Waals surface area contributed by atoms with Gasteiger partial charge in [-0.15, -0.1) is 0 Å². The van der Waals surface area contributed by atoms with Crippen molar-refractivity contribution in [1.29, 1.82) is 0 Å². The lowest BCUT2D eigenvalue weighted by atomic mass is 9.96. The molecule has 5 heteroatoms. The highest BCUT2D eigenvalue weighted by Crippen LogP contribution is 2.39. The average molecular weight is 367 g/mol. The van der Waals surface area contributed by atoms with Gasteiger partial charge in [-0.25, -0.2) is 4.79 Å². The number of fused-ring (bicyclic) bond motifs is 1. The van der Waals surface area contributed by atoms with Gasteiger partial charge >= 0.3 is 5.97 Å². The number of halogens is 1. The van der Waals surface area contributed by atoms with Gasteiger partial charge in [-0.2, -0.15) is 0 Å². The monoisotopic (exact) mass is 366 g/mol. The third kappa shape index (κ3) is 3.42. The van der Waals surface area contributed by atoms with E-state index in [4.69, 9.17) is 4.74 Å². The zero-order valence-corrected chi connectivity index (χ0v) is 14.6. The SMILES string of the molecule is Cc1cc2cc(Br)ccc2c(O)c1C(OC(C)(C)C)C(=O)O. The topological polar surface area (TPSA) is 66.8 Å². The second kappa shape index (κ2) is 5.89. The molecule has 4 nitrogen and oxygen atoms in total. The Hall–Kier alpha value is -1.59. The zero-order valence-electron chi connectivity index (χ0n) is 13.0. The summed E-state index contributed by atoms with van der Waals surface area (Å²) in [6.07, 6.45) is -1.21. The molecule has 2 aromatic carbocycles. The molecular formula is C17H19BrO4. The summed E-state index contributed by atoms with van der Waals surface area (Å²) in [5, 5.41) is 21.5. The van der Waals surface area contributed by atoms with Crippen LogP contribution >= 0.6 is 15.9 Å². The highest BCUT2D eigenvalue weighted by atomic mass is 79.9. The van der Waals surface area contributed by atoms with Crippen molar-refractivity contribution < 1.29 is 19.7 Å². The first kappa shape index (κ1) is 16.8.